The summed E-state index contributed by atoms with van der Waals surface area (Å²) in [6, 6.07) is 4.48. The van der Waals surface area contributed by atoms with Crippen LogP contribution in [-0.2, 0) is 19.4 Å². The van der Waals surface area contributed by atoms with E-state index in [0.29, 0.717) is 37.1 Å². The molecule has 33 heavy (non-hydrogen) atoms. The van der Waals surface area contributed by atoms with Crippen LogP contribution in [0.25, 0.3) is 0 Å². The molecule has 1 aliphatic heterocycles. The molecule has 1 saturated carbocycles. The summed E-state index contributed by atoms with van der Waals surface area (Å²) in [5.74, 6) is 0.450. The molecule has 1 atom stereocenters. The summed E-state index contributed by atoms with van der Waals surface area (Å²) in [6.07, 6.45) is 4.17. The summed E-state index contributed by atoms with van der Waals surface area (Å²) in [5, 5.41) is 0. The molecule has 3 rings (SSSR count). The Morgan fingerprint density at radius 1 is 1.06 bits per heavy atom. The third-order valence-corrected chi connectivity index (χ3v) is 7.74. The summed E-state index contributed by atoms with van der Waals surface area (Å²) < 4.78 is 40.7. The van der Waals surface area contributed by atoms with E-state index in [1.54, 1.807) is 23.1 Å². The van der Waals surface area contributed by atoms with Crippen molar-refractivity contribution in [2.75, 3.05) is 31.3 Å². The van der Waals surface area contributed by atoms with E-state index in [1.165, 1.54) is 0 Å². The van der Waals surface area contributed by atoms with Gasteiger partial charge in [-0.1, -0.05) is 26.7 Å². The molecule has 1 aromatic carbocycles. The molecular formula is C24H35NO7S. The Bertz CT molecular complexity index is 938. The Hall–Kier alpha value is -2.29. The molecule has 2 fully saturated rings. The number of rotatable bonds is 10. The minimum atomic E-state index is -3.13. The van der Waals surface area contributed by atoms with E-state index in [-0.39, 0.29) is 35.1 Å². The predicted molar refractivity (Wildman–Crippen MR) is 124 cm³/mol. The molecule has 0 N–H and O–H groups in total. The highest BCUT2D eigenvalue weighted by atomic mass is 32.2. The zero-order valence-electron chi connectivity index (χ0n) is 19.7. The van der Waals surface area contributed by atoms with Gasteiger partial charge in [0.2, 0.25) is 0 Å². The van der Waals surface area contributed by atoms with Crippen LogP contribution in [0.4, 0.5) is 0 Å². The van der Waals surface area contributed by atoms with Gasteiger partial charge in [0.15, 0.2) is 27.9 Å². The van der Waals surface area contributed by atoms with Crippen molar-refractivity contribution in [3.8, 4) is 11.5 Å². The van der Waals surface area contributed by atoms with E-state index in [4.69, 9.17) is 14.2 Å². The van der Waals surface area contributed by atoms with Crippen LogP contribution in [0.2, 0.25) is 0 Å². The minimum absolute atomic E-state index is 0.0106. The summed E-state index contributed by atoms with van der Waals surface area (Å²) in [6.45, 7) is 6.44. The van der Waals surface area contributed by atoms with Crippen LogP contribution in [0, 0.1) is 5.92 Å². The Morgan fingerprint density at radius 2 is 1.79 bits per heavy atom. The molecule has 184 valence electrons. The second-order valence-electron chi connectivity index (χ2n) is 9.17. The lowest BCUT2D eigenvalue weighted by Crippen LogP contribution is -2.48. The maximum absolute atomic E-state index is 13.0. The Balaban J connectivity index is 1.66. The number of benzene rings is 1. The molecule has 1 heterocycles. The van der Waals surface area contributed by atoms with Crippen molar-refractivity contribution in [3.05, 3.63) is 23.8 Å². The van der Waals surface area contributed by atoms with Gasteiger partial charge in [0, 0.05) is 12.1 Å². The fourth-order valence-corrected chi connectivity index (χ4v) is 6.16. The zero-order chi connectivity index (χ0) is 24.0. The Kier molecular flexibility index (Phi) is 8.62. The van der Waals surface area contributed by atoms with E-state index in [1.807, 2.05) is 20.8 Å². The monoisotopic (exact) mass is 481 g/mol. The van der Waals surface area contributed by atoms with Gasteiger partial charge in [-0.3, -0.25) is 4.79 Å². The van der Waals surface area contributed by atoms with E-state index in [0.717, 1.165) is 25.7 Å². The highest BCUT2D eigenvalue weighted by Gasteiger charge is 2.39. The van der Waals surface area contributed by atoms with Crippen molar-refractivity contribution in [1.82, 2.24) is 4.90 Å². The maximum atomic E-state index is 13.0. The van der Waals surface area contributed by atoms with Gasteiger partial charge in [0.1, 0.15) is 0 Å². The number of sulfone groups is 1. The molecule has 0 spiro atoms. The van der Waals surface area contributed by atoms with Gasteiger partial charge in [0.05, 0.1) is 30.3 Å². The molecule has 2 aliphatic rings. The first-order valence-corrected chi connectivity index (χ1v) is 13.6. The fourth-order valence-electron chi connectivity index (χ4n) is 4.45. The van der Waals surface area contributed by atoms with Crippen LogP contribution < -0.4 is 9.47 Å². The third-order valence-electron chi connectivity index (χ3n) is 5.99. The molecule has 0 radical (unpaired) electrons. The van der Waals surface area contributed by atoms with Crippen LogP contribution in [0.5, 0.6) is 11.5 Å². The van der Waals surface area contributed by atoms with Gasteiger partial charge in [-0.2, -0.15) is 0 Å². The Labute approximate surface area is 196 Å². The molecule has 0 aromatic heterocycles. The number of ether oxygens (including phenoxy) is 3. The van der Waals surface area contributed by atoms with Crippen molar-refractivity contribution in [1.29, 1.82) is 0 Å². The van der Waals surface area contributed by atoms with E-state index >= 15 is 0 Å². The van der Waals surface area contributed by atoms with Gasteiger partial charge in [-0.25, -0.2) is 13.2 Å². The second-order valence-corrected chi connectivity index (χ2v) is 11.4. The van der Waals surface area contributed by atoms with Crippen LogP contribution in [0.1, 0.15) is 63.2 Å². The molecule has 1 aromatic rings. The molecule has 1 aliphatic carbocycles. The van der Waals surface area contributed by atoms with Crippen molar-refractivity contribution in [2.24, 2.45) is 5.92 Å². The van der Waals surface area contributed by atoms with Gasteiger partial charge >= 0.3 is 5.97 Å². The summed E-state index contributed by atoms with van der Waals surface area (Å²) in [7, 11) is -3.13. The standard InChI is InChI=1S/C24H35NO7S/c1-4-30-22-13-18(9-10-21(22)31-14-17(2)3)24(27)32-15-23(26)25(19-7-5-6-8-19)20-11-12-33(28,29)16-20/h9-10,13,17,19-20H,4-8,11-12,14-16H2,1-3H3. The molecule has 8 nitrogen and oxygen atoms in total. The van der Waals surface area contributed by atoms with Crippen molar-refractivity contribution >= 4 is 21.7 Å². The van der Waals surface area contributed by atoms with Gasteiger partial charge in [0.25, 0.3) is 5.91 Å². The van der Waals surface area contributed by atoms with Crippen LogP contribution >= 0.6 is 0 Å². The normalized spacial score (nSPS) is 20.1. The second kappa shape index (κ2) is 11.2. The SMILES string of the molecule is CCOc1cc(C(=O)OCC(=O)N(C2CCCC2)C2CCS(=O)(=O)C2)ccc1OCC(C)C. The van der Waals surface area contributed by atoms with E-state index in [2.05, 4.69) is 0 Å². The largest absolute Gasteiger partial charge is 0.490 e. The van der Waals surface area contributed by atoms with Gasteiger partial charge in [-0.15, -0.1) is 0 Å². The number of esters is 1. The topological polar surface area (TPSA) is 99.2 Å². The molecule has 0 bridgehead atoms. The van der Waals surface area contributed by atoms with Crippen LogP contribution in [0.15, 0.2) is 18.2 Å². The quantitative estimate of drug-likeness (QED) is 0.473. The van der Waals surface area contributed by atoms with Crippen molar-refractivity contribution in [2.45, 2.75) is 65.0 Å². The number of nitrogens with zero attached hydrogens (tertiary/aromatic N) is 1. The number of amides is 1. The maximum Gasteiger partial charge on any atom is 0.338 e. The first kappa shape index (κ1) is 25.3. The number of carbonyl (C=O) groups is 2. The number of carbonyl (C=O) groups excluding carboxylic acids is 2. The lowest BCUT2D eigenvalue weighted by Gasteiger charge is -2.33. The Morgan fingerprint density at radius 3 is 2.39 bits per heavy atom. The van der Waals surface area contributed by atoms with E-state index in [9.17, 15) is 18.0 Å². The van der Waals surface area contributed by atoms with Crippen LogP contribution in [0.3, 0.4) is 0 Å². The smallest absolute Gasteiger partial charge is 0.338 e. The molecular weight excluding hydrogens is 446 g/mol. The highest BCUT2D eigenvalue weighted by molar-refractivity contribution is 7.91. The van der Waals surface area contributed by atoms with E-state index < -0.39 is 22.4 Å². The first-order chi connectivity index (χ1) is 15.7. The lowest BCUT2D eigenvalue weighted by molar-refractivity contribution is -0.139. The summed E-state index contributed by atoms with van der Waals surface area (Å²) in [5.41, 5.74) is 0.263. The van der Waals surface area contributed by atoms with Gasteiger partial charge < -0.3 is 19.1 Å². The number of hydrogen-bond donors (Lipinski definition) is 0. The lowest BCUT2D eigenvalue weighted by atomic mass is 10.1. The van der Waals surface area contributed by atoms with Crippen molar-refractivity contribution < 1.29 is 32.2 Å². The highest BCUT2D eigenvalue weighted by Crippen LogP contribution is 2.31. The zero-order valence-corrected chi connectivity index (χ0v) is 20.6. The third kappa shape index (κ3) is 6.85. The fraction of sp³-hybridized carbons (Fsp3) is 0.667. The summed E-state index contributed by atoms with van der Waals surface area (Å²) >= 11 is 0. The van der Waals surface area contributed by atoms with Crippen molar-refractivity contribution in [3.63, 3.8) is 0 Å². The molecule has 9 heteroatoms. The molecule has 1 amide bonds. The first-order valence-electron chi connectivity index (χ1n) is 11.8. The van der Waals surface area contributed by atoms with Gasteiger partial charge in [-0.05, 0) is 50.3 Å². The minimum Gasteiger partial charge on any atom is -0.490 e. The molecule has 1 unspecified atom stereocenters. The molecule has 1 saturated heterocycles. The van der Waals surface area contributed by atoms with Crippen LogP contribution in [-0.4, -0.2) is 68.6 Å². The average molecular weight is 482 g/mol. The predicted octanol–water partition coefficient (Wildman–Crippen LogP) is 3.24. The summed E-state index contributed by atoms with van der Waals surface area (Å²) in [4.78, 5) is 27.4. The number of hydrogen-bond acceptors (Lipinski definition) is 7. The average Bonchev–Trinajstić information content (AvgIpc) is 3.41.